The van der Waals surface area contributed by atoms with Gasteiger partial charge in [0.25, 0.3) is 0 Å². The Bertz CT molecular complexity index is 400. The molecule has 1 aliphatic heterocycles. The van der Waals surface area contributed by atoms with Gasteiger partial charge in [-0.25, -0.2) is 0 Å². The van der Waals surface area contributed by atoms with Gasteiger partial charge in [0, 0.05) is 19.2 Å². The molecule has 6 heteroatoms. The highest BCUT2D eigenvalue weighted by molar-refractivity contribution is 6.21. The van der Waals surface area contributed by atoms with Crippen LogP contribution in [0.15, 0.2) is 40.9 Å². The number of allylic oxidation sites excluding steroid dienone is 2. The van der Waals surface area contributed by atoms with Crippen LogP contribution in [-0.4, -0.2) is 24.9 Å². The molecule has 1 aliphatic rings. The van der Waals surface area contributed by atoms with Crippen LogP contribution in [0.2, 0.25) is 0 Å². The first-order valence-electron chi connectivity index (χ1n) is 4.86. The van der Waals surface area contributed by atoms with Crippen LogP contribution in [0.25, 0.3) is 0 Å². The van der Waals surface area contributed by atoms with Crippen molar-refractivity contribution in [2.24, 2.45) is 4.99 Å². The minimum absolute atomic E-state index is 0.279. The third-order valence-corrected chi connectivity index (χ3v) is 2.00. The molecule has 1 N–H and O–H groups in total. The Morgan fingerprint density at radius 2 is 2.24 bits per heavy atom. The van der Waals surface area contributed by atoms with Crippen molar-refractivity contribution in [2.45, 2.75) is 12.4 Å². The number of carbonyl (C=O) groups is 1. The summed E-state index contributed by atoms with van der Waals surface area (Å²) < 4.78 is 10.1. The number of halogens is 1. The van der Waals surface area contributed by atoms with E-state index in [-0.39, 0.29) is 5.76 Å². The van der Waals surface area contributed by atoms with Crippen LogP contribution < -0.4 is 5.32 Å². The molecule has 17 heavy (non-hydrogen) atoms. The molecule has 0 amide bonds. The maximum absolute atomic E-state index is 11.0. The largest absolute Gasteiger partial charge is 0.493 e. The number of hydrogen-bond acceptors (Lipinski definition) is 5. The zero-order chi connectivity index (χ0) is 12.7. The number of nitrogens with one attached hydrogen (secondary N) is 1. The van der Waals surface area contributed by atoms with Crippen molar-refractivity contribution in [3.05, 3.63) is 35.9 Å². The van der Waals surface area contributed by atoms with E-state index in [9.17, 15) is 4.79 Å². The van der Waals surface area contributed by atoms with Crippen molar-refractivity contribution < 1.29 is 14.3 Å². The summed E-state index contributed by atoms with van der Waals surface area (Å²) in [6.07, 6.45) is 7.79. The molecular formula is C11H13ClN2O3. The summed E-state index contributed by atoms with van der Waals surface area (Å²) in [5.74, 6) is 0.246. The second-order valence-corrected chi connectivity index (χ2v) is 3.48. The number of methoxy groups -OCH3 is 1. The Morgan fingerprint density at radius 1 is 1.47 bits per heavy atom. The fourth-order valence-corrected chi connectivity index (χ4v) is 1.20. The quantitative estimate of drug-likeness (QED) is 0.464. The molecule has 0 radical (unpaired) electrons. The molecule has 0 spiro atoms. The summed E-state index contributed by atoms with van der Waals surface area (Å²) in [5, 5.41) is 2.78. The zero-order valence-electron chi connectivity index (χ0n) is 9.51. The molecule has 1 heterocycles. The van der Waals surface area contributed by atoms with Crippen molar-refractivity contribution in [3.63, 3.8) is 0 Å². The molecule has 1 unspecified atom stereocenters. The van der Waals surface area contributed by atoms with Crippen molar-refractivity contribution in [1.29, 1.82) is 0 Å². The highest BCUT2D eigenvalue weighted by Crippen LogP contribution is 2.13. The van der Waals surface area contributed by atoms with E-state index in [0.29, 0.717) is 5.76 Å². The van der Waals surface area contributed by atoms with E-state index in [0.717, 1.165) is 0 Å². The van der Waals surface area contributed by atoms with Crippen LogP contribution in [-0.2, 0) is 14.3 Å². The van der Waals surface area contributed by atoms with E-state index < -0.39 is 11.5 Å². The standard InChI is InChI=1S/C11H13ClN2O3/c1-8(15)17-10-3-4-11(12)14-7-13-6-5-9(10)16-2/h3-7,11H,1-2H3,(H,13,14)/b4-3+,6-5?,10-9?. The molecule has 0 aromatic carbocycles. The summed E-state index contributed by atoms with van der Waals surface area (Å²) in [5.41, 5.74) is -0.544. The second kappa shape index (κ2) is 6.75. The van der Waals surface area contributed by atoms with Crippen molar-refractivity contribution in [1.82, 2.24) is 5.32 Å². The molecule has 0 saturated heterocycles. The van der Waals surface area contributed by atoms with Crippen molar-refractivity contribution in [3.8, 4) is 0 Å². The zero-order valence-corrected chi connectivity index (χ0v) is 10.3. The van der Waals surface area contributed by atoms with Gasteiger partial charge in [0.05, 0.1) is 13.4 Å². The lowest BCUT2D eigenvalue weighted by molar-refractivity contribution is -0.136. The molecule has 5 nitrogen and oxygen atoms in total. The lowest BCUT2D eigenvalue weighted by Crippen LogP contribution is -2.07. The lowest BCUT2D eigenvalue weighted by atomic mass is 10.3. The molecule has 1 rings (SSSR count). The lowest BCUT2D eigenvalue weighted by Gasteiger charge is -2.09. The molecule has 92 valence electrons. The van der Waals surface area contributed by atoms with Gasteiger partial charge < -0.3 is 14.8 Å². The van der Waals surface area contributed by atoms with Crippen molar-refractivity contribution in [2.75, 3.05) is 7.11 Å². The highest BCUT2D eigenvalue weighted by Gasteiger charge is 2.07. The van der Waals surface area contributed by atoms with Crippen LogP contribution in [0.3, 0.4) is 0 Å². The summed E-state index contributed by atoms with van der Waals surface area (Å²) in [7, 11) is 1.48. The average Bonchev–Trinajstić information content (AvgIpc) is 2.29. The molecule has 0 aromatic rings. The summed E-state index contributed by atoms with van der Waals surface area (Å²) in [6, 6.07) is 0. The Kier molecular flexibility index (Phi) is 5.29. The predicted molar refractivity (Wildman–Crippen MR) is 65.3 cm³/mol. The fraction of sp³-hybridized carbons (Fsp3) is 0.273. The van der Waals surface area contributed by atoms with Gasteiger partial charge in [0.2, 0.25) is 0 Å². The van der Waals surface area contributed by atoms with Gasteiger partial charge in [-0.2, -0.15) is 0 Å². The number of carbonyl (C=O) groups excluding carboxylic acids is 1. The van der Waals surface area contributed by atoms with Gasteiger partial charge in [0.1, 0.15) is 5.50 Å². The predicted octanol–water partition coefficient (Wildman–Crippen LogP) is 1.67. The molecule has 0 saturated carbocycles. The minimum Gasteiger partial charge on any atom is -0.493 e. The first-order chi connectivity index (χ1) is 8.13. The normalized spacial score (nSPS) is 21.7. The number of alkyl halides is 1. The highest BCUT2D eigenvalue weighted by atomic mass is 35.5. The topological polar surface area (TPSA) is 59.9 Å². The van der Waals surface area contributed by atoms with E-state index in [1.54, 1.807) is 24.4 Å². The third kappa shape index (κ3) is 4.74. The number of aliphatic imine (C=N–C) groups is 1. The average molecular weight is 257 g/mol. The summed E-state index contributed by atoms with van der Waals surface area (Å²) in [4.78, 5) is 14.9. The van der Waals surface area contributed by atoms with E-state index in [1.807, 2.05) is 0 Å². The fourth-order valence-electron chi connectivity index (χ4n) is 1.07. The van der Waals surface area contributed by atoms with Gasteiger partial charge in [-0.3, -0.25) is 9.79 Å². The second-order valence-electron chi connectivity index (χ2n) is 3.04. The first-order valence-corrected chi connectivity index (χ1v) is 5.30. The van der Waals surface area contributed by atoms with Crippen LogP contribution >= 0.6 is 11.6 Å². The van der Waals surface area contributed by atoms with E-state index in [1.165, 1.54) is 20.4 Å². The molecular weight excluding hydrogens is 244 g/mol. The van der Waals surface area contributed by atoms with Crippen LogP contribution in [0.5, 0.6) is 0 Å². The minimum atomic E-state index is -0.544. The monoisotopic (exact) mass is 256 g/mol. The van der Waals surface area contributed by atoms with Gasteiger partial charge in [-0.05, 0) is 12.2 Å². The molecule has 0 aromatic heterocycles. The Balaban J connectivity index is 3.05. The SMILES string of the molecule is COC1=C(OC(C)=O)/C=C/C(Cl)N=CNC=C1. The van der Waals surface area contributed by atoms with Crippen LogP contribution in [0, 0.1) is 0 Å². The van der Waals surface area contributed by atoms with Crippen molar-refractivity contribution >= 4 is 23.9 Å². The number of esters is 1. The van der Waals surface area contributed by atoms with E-state index in [2.05, 4.69) is 10.3 Å². The number of rotatable bonds is 2. The van der Waals surface area contributed by atoms with E-state index in [4.69, 9.17) is 21.1 Å². The Labute approximate surface area is 104 Å². The molecule has 1 atom stereocenters. The third-order valence-electron chi connectivity index (χ3n) is 1.75. The first kappa shape index (κ1) is 13.3. The smallest absolute Gasteiger partial charge is 0.308 e. The van der Waals surface area contributed by atoms with Gasteiger partial charge in [-0.15, -0.1) is 0 Å². The summed E-state index contributed by atoms with van der Waals surface area (Å²) in [6.45, 7) is 1.31. The number of ether oxygens (including phenoxy) is 2. The van der Waals surface area contributed by atoms with Crippen LogP contribution in [0.4, 0.5) is 0 Å². The Hall–Kier alpha value is -1.75. The van der Waals surface area contributed by atoms with Gasteiger partial charge in [0.15, 0.2) is 11.5 Å². The Morgan fingerprint density at radius 3 is 2.88 bits per heavy atom. The van der Waals surface area contributed by atoms with Gasteiger partial charge >= 0.3 is 5.97 Å². The van der Waals surface area contributed by atoms with Crippen LogP contribution in [0.1, 0.15) is 6.92 Å². The molecule has 0 aliphatic carbocycles. The maximum atomic E-state index is 11.0. The van der Waals surface area contributed by atoms with Gasteiger partial charge in [-0.1, -0.05) is 11.6 Å². The summed E-state index contributed by atoms with van der Waals surface area (Å²) >= 11 is 5.86. The number of nitrogens with zero attached hydrogens (tertiary/aromatic N) is 1. The maximum Gasteiger partial charge on any atom is 0.308 e. The molecule has 0 bridgehead atoms. The van der Waals surface area contributed by atoms with E-state index >= 15 is 0 Å². The number of hydrogen-bond donors (Lipinski definition) is 1. The molecule has 0 fully saturated rings.